The van der Waals surface area contributed by atoms with Gasteiger partial charge < -0.3 is 0 Å². The van der Waals surface area contributed by atoms with Crippen molar-refractivity contribution < 1.29 is 9.59 Å². The van der Waals surface area contributed by atoms with Gasteiger partial charge in [-0.25, -0.2) is 9.59 Å². The summed E-state index contributed by atoms with van der Waals surface area (Å²) in [5, 5.41) is -2.05. The second-order valence-electron chi connectivity index (χ2n) is 2.45. The summed E-state index contributed by atoms with van der Waals surface area (Å²) < 4.78 is -1.64. The fraction of sp³-hybridized carbons (Fsp3) is 0.714. The van der Waals surface area contributed by atoms with Crippen LogP contribution >= 0.6 is 34.8 Å². The zero-order valence-electron chi connectivity index (χ0n) is 7.26. The summed E-state index contributed by atoms with van der Waals surface area (Å²) >= 11 is 17.3. The van der Waals surface area contributed by atoms with Gasteiger partial charge in [0.2, 0.25) is 12.2 Å². The van der Waals surface area contributed by atoms with Crippen molar-refractivity contribution in [1.82, 2.24) is 0 Å². The molecule has 0 fully saturated rings. The minimum Gasteiger partial charge on any atom is -0.211 e. The van der Waals surface area contributed by atoms with E-state index in [1.165, 1.54) is 0 Å². The normalized spacial score (nSPS) is 14.9. The van der Waals surface area contributed by atoms with Gasteiger partial charge in [0.25, 0.3) is 5.12 Å². The molecule has 78 valence electrons. The molecule has 0 unspecified atom stereocenters. The molecule has 7 heteroatoms. The first-order chi connectivity index (χ1) is 6.43. The first-order valence-corrected chi connectivity index (χ1v) is 4.81. The SMILES string of the molecule is CCCC(Cl)(Cl)C(Cl)(N=C=O)N=C=O. The Morgan fingerprint density at radius 3 is 1.86 bits per heavy atom. The van der Waals surface area contributed by atoms with Gasteiger partial charge in [-0.1, -0.05) is 48.1 Å². The molecule has 0 saturated heterocycles. The number of hydrogen-bond donors (Lipinski definition) is 0. The summed E-state index contributed by atoms with van der Waals surface area (Å²) in [4.78, 5) is 26.3. The number of isocyanates is 2. The van der Waals surface area contributed by atoms with Crippen molar-refractivity contribution in [1.29, 1.82) is 0 Å². The first-order valence-electron chi connectivity index (χ1n) is 3.68. The Kier molecular flexibility index (Phi) is 5.35. The van der Waals surface area contributed by atoms with Gasteiger partial charge in [-0.05, 0) is 6.42 Å². The average molecular weight is 258 g/mol. The zero-order chi connectivity index (χ0) is 11.2. The fourth-order valence-corrected chi connectivity index (χ4v) is 1.49. The van der Waals surface area contributed by atoms with E-state index in [1.807, 2.05) is 0 Å². The van der Waals surface area contributed by atoms with Crippen LogP contribution in [-0.4, -0.2) is 21.6 Å². The van der Waals surface area contributed by atoms with Crippen LogP contribution in [0.15, 0.2) is 9.98 Å². The van der Waals surface area contributed by atoms with E-state index < -0.39 is 9.46 Å². The van der Waals surface area contributed by atoms with E-state index in [9.17, 15) is 9.59 Å². The number of aliphatic imine (C=N–C) groups is 2. The Hall–Kier alpha value is -0.370. The highest BCUT2D eigenvalue weighted by atomic mass is 35.5. The first kappa shape index (κ1) is 13.6. The van der Waals surface area contributed by atoms with Crippen LogP contribution in [0.1, 0.15) is 19.8 Å². The van der Waals surface area contributed by atoms with Gasteiger partial charge in [0.15, 0.2) is 4.33 Å². The number of halogens is 3. The molecule has 0 spiro atoms. The van der Waals surface area contributed by atoms with Crippen molar-refractivity contribution in [3.63, 3.8) is 0 Å². The highest BCUT2D eigenvalue weighted by Crippen LogP contribution is 2.44. The maximum absolute atomic E-state index is 10.1. The molecule has 0 atom stereocenters. The van der Waals surface area contributed by atoms with Gasteiger partial charge in [0, 0.05) is 0 Å². The maximum atomic E-state index is 10.1. The second kappa shape index (κ2) is 5.50. The van der Waals surface area contributed by atoms with Crippen molar-refractivity contribution >= 4 is 47.0 Å². The Morgan fingerprint density at radius 1 is 1.14 bits per heavy atom. The van der Waals surface area contributed by atoms with Gasteiger partial charge in [0.05, 0.1) is 0 Å². The smallest absolute Gasteiger partial charge is 0.211 e. The molecule has 0 bridgehead atoms. The predicted octanol–water partition coefficient (Wildman–Crippen LogP) is 2.52. The lowest BCUT2D eigenvalue weighted by Crippen LogP contribution is -2.37. The summed E-state index contributed by atoms with van der Waals surface area (Å²) in [6.45, 7) is 1.80. The van der Waals surface area contributed by atoms with Gasteiger partial charge in [0.1, 0.15) is 0 Å². The zero-order valence-corrected chi connectivity index (χ0v) is 9.53. The van der Waals surface area contributed by atoms with Crippen molar-refractivity contribution in [2.75, 3.05) is 0 Å². The molecule has 0 aromatic heterocycles. The minimum absolute atomic E-state index is 0.218. The van der Waals surface area contributed by atoms with Crippen LogP contribution in [0.2, 0.25) is 0 Å². The van der Waals surface area contributed by atoms with Gasteiger partial charge in [-0.15, -0.1) is 0 Å². The third-order valence-corrected chi connectivity index (χ3v) is 3.01. The van der Waals surface area contributed by atoms with Crippen LogP contribution in [0, 0.1) is 0 Å². The van der Waals surface area contributed by atoms with E-state index in [0.717, 1.165) is 12.2 Å². The average Bonchev–Trinajstić information content (AvgIpc) is 2.04. The lowest BCUT2D eigenvalue weighted by atomic mass is 10.2. The van der Waals surface area contributed by atoms with Crippen LogP contribution in [0.3, 0.4) is 0 Å². The summed E-state index contributed by atoms with van der Waals surface area (Å²) in [6, 6.07) is 0. The second-order valence-corrected chi connectivity index (χ2v) is 4.46. The van der Waals surface area contributed by atoms with Gasteiger partial charge in [-0.2, -0.15) is 9.98 Å². The molecule has 0 saturated carbocycles. The number of hydrogen-bond acceptors (Lipinski definition) is 4. The summed E-state index contributed by atoms with van der Waals surface area (Å²) in [5.41, 5.74) is 0. The Labute approximate surface area is 96.0 Å². The Bertz CT molecular complexity index is 275. The minimum atomic E-state index is -2.05. The molecule has 4 nitrogen and oxygen atoms in total. The number of carbonyl (C=O) groups excluding carboxylic acids is 2. The number of rotatable bonds is 5. The molecular formula is C7H7Cl3N2O2. The molecule has 0 rings (SSSR count). The van der Waals surface area contributed by atoms with E-state index in [1.54, 1.807) is 6.92 Å². The quantitative estimate of drug-likeness (QED) is 0.329. The predicted molar refractivity (Wildman–Crippen MR) is 54.2 cm³/mol. The van der Waals surface area contributed by atoms with E-state index in [0.29, 0.717) is 6.42 Å². The highest BCUT2D eigenvalue weighted by Gasteiger charge is 2.49. The molecule has 0 radical (unpaired) electrons. The molecule has 0 aliphatic carbocycles. The van der Waals surface area contributed by atoms with E-state index in [4.69, 9.17) is 34.8 Å². The van der Waals surface area contributed by atoms with Gasteiger partial charge in [-0.3, -0.25) is 0 Å². The Balaban J connectivity index is 5.17. The molecule has 0 aromatic carbocycles. The largest absolute Gasteiger partial charge is 0.280 e. The maximum Gasteiger partial charge on any atom is 0.280 e. The monoisotopic (exact) mass is 256 g/mol. The topological polar surface area (TPSA) is 58.9 Å². The van der Waals surface area contributed by atoms with Crippen LogP contribution in [-0.2, 0) is 9.59 Å². The number of alkyl halides is 3. The van der Waals surface area contributed by atoms with Crippen LogP contribution in [0.25, 0.3) is 0 Å². The van der Waals surface area contributed by atoms with E-state index in [-0.39, 0.29) is 6.42 Å². The van der Waals surface area contributed by atoms with Crippen molar-refractivity contribution in [3.8, 4) is 0 Å². The van der Waals surface area contributed by atoms with E-state index in [2.05, 4.69) is 9.98 Å². The van der Waals surface area contributed by atoms with Crippen molar-refractivity contribution in [3.05, 3.63) is 0 Å². The lowest BCUT2D eigenvalue weighted by Gasteiger charge is -2.28. The fourth-order valence-electron chi connectivity index (χ4n) is 0.783. The van der Waals surface area contributed by atoms with Crippen molar-refractivity contribution in [2.45, 2.75) is 29.2 Å². The third-order valence-electron chi connectivity index (χ3n) is 1.42. The molecule has 0 aliphatic heterocycles. The molecule has 0 heterocycles. The van der Waals surface area contributed by atoms with Crippen LogP contribution in [0.4, 0.5) is 0 Å². The van der Waals surface area contributed by atoms with Gasteiger partial charge >= 0.3 is 0 Å². The molecular weight excluding hydrogens is 250 g/mol. The standard InChI is InChI=1S/C7H7Cl3N2O2/c1-2-3-6(8,9)7(10,11-4-13)12-5-14/h2-3H2,1H3. The highest BCUT2D eigenvalue weighted by molar-refractivity contribution is 6.53. The lowest BCUT2D eigenvalue weighted by molar-refractivity contribution is 0.487. The molecule has 0 aliphatic rings. The summed E-state index contributed by atoms with van der Waals surface area (Å²) in [7, 11) is 0. The van der Waals surface area contributed by atoms with E-state index >= 15 is 0 Å². The van der Waals surface area contributed by atoms with Crippen molar-refractivity contribution in [2.24, 2.45) is 9.98 Å². The molecule has 0 N–H and O–H groups in total. The number of nitrogens with zero attached hydrogens (tertiary/aromatic N) is 2. The summed E-state index contributed by atoms with van der Waals surface area (Å²) in [6.07, 6.45) is 3.12. The summed E-state index contributed by atoms with van der Waals surface area (Å²) in [5.74, 6) is 0. The molecule has 0 aromatic rings. The molecule has 14 heavy (non-hydrogen) atoms. The molecule has 0 amide bonds. The third kappa shape index (κ3) is 3.09. The van der Waals surface area contributed by atoms with Crippen LogP contribution in [0.5, 0.6) is 0 Å². The van der Waals surface area contributed by atoms with Crippen LogP contribution < -0.4 is 0 Å². The Morgan fingerprint density at radius 2 is 1.57 bits per heavy atom.